The zero-order valence-electron chi connectivity index (χ0n) is 13.6. The summed E-state index contributed by atoms with van der Waals surface area (Å²) in [6.07, 6.45) is 1.84. The SMILES string of the molecule is CCN(CC(C)(C)O)C(=O)NC(C)CCc1ccccc1. The number of likely N-dealkylation sites (N-methyl/N-ethyl adjacent to an activating group) is 1. The molecule has 0 aromatic heterocycles. The number of benzene rings is 1. The summed E-state index contributed by atoms with van der Waals surface area (Å²) < 4.78 is 0. The number of hydrogen-bond donors (Lipinski definition) is 2. The summed E-state index contributed by atoms with van der Waals surface area (Å²) in [6, 6.07) is 10.3. The molecule has 1 aromatic carbocycles. The average molecular weight is 292 g/mol. The van der Waals surface area contributed by atoms with Gasteiger partial charge in [0, 0.05) is 12.6 Å². The van der Waals surface area contributed by atoms with Gasteiger partial charge < -0.3 is 15.3 Å². The minimum absolute atomic E-state index is 0.105. The fourth-order valence-corrected chi connectivity index (χ4v) is 2.20. The lowest BCUT2D eigenvalue weighted by Crippen LogP contribution is -2.49. The Morgan fingerprint density at radius 3 is 2.48 bits per heavy atom. The number of aliphatic hydroxyl groups is 1. The molecule has 21 heavy (non-hydrogen) atoms. The second kappa shape index (κ2) is 8.03. The van der Waals surface area contributed by atoms with Gasteiger partial charge in [0.1, 0.15) is 0 Å². The Morgan fingerprint density at radius 1 is 1.33 bits per heavy atom. The summed E-state index contributed by atoms with van der Waals surface area (Å²) in [5.41, 5.74) is 0.406. The van der Waals surface area contributed by atoms with Crippen LogP contribution in [0.4, 0.5) is 4.79 Å². The third-order valence-corrected chi connectivity index (χ3v) is 3.33. The summed E-state index contributed by atoms with van der Waals surface area (Å²) in [4.78, 5) is 13.8. The van der Waals surface area contributed by atoms with E-state index in [1.807, 2.05) is 32.0 Å². The molecule has 2 N–H and O–H groups in total. The highest BCUT2D eigenvalue weighted by Crippen LogP contribution is 2.07. The molecule has 0 saturated heterocycles. The van der Waals surface area contributed by atoms with E-state index in [2.05, 4.69) is 17.4 Å². The average Bonchev–Trinajstić information content (AvgIpc) is 2.42. The first-order valence-corrected chi connectivity index (χ1v) is 7.63. The van der Waals surface area contributed by atoms with E-state index in [9.17, 15) is 9.90 Å². The lowest BCUT2D eigenvalue weighted by atomic mass is 10.1. The van der Waals surface area contributed by atoms with Crippen molar-refractivity contribution < 1.29 is 9.90 Å². The van der Waals surface area contributed by atoms with Gasteiger partial charge in [-0.2, -0.15) is 0 Å². The van der Waals surface area contributed by atoms with Crippen LogP contribution in [0.15, 0.2) is 30.3 Å². The summed E-state index contributed by atoms with van der Waals surface area (Å²) in [5, 5.41) is 12.8. The van der Waals surface area contributed by atoms with Gasteiger partial charge in [-0.05, 0) is 46.1 Å². The summed E-state index contributed by atoms with van der Waals surface area (Å²) in [7, 11) is 0. The zero-order valence-corrected chi connectivity index (χ0v) is 13.6. The minimum atomic E-state index is -0.874. The number of hydrogen-bond acceptors (Lipinski definition) is 2. The fraction of sp³-hybridized carbons (Fsp3) is 0.588. The Morgan fingerprint density at radius 2 is 1.95 bits per heavy atom. The van der Waals surface area contributed by atoms with E-state index in [0.717, 1.165) is 12.8 Å². The Labute approximate surface area is 128 Å². The Kier molecular flexibility index (Phi) is 6.69. The monoisotopic (exact) mass is 292 g/mol. The number of carbonyl (C=O) groups is 1. The first-order chi connectivity index (χ1) is 9.81. The van der Waals surface area contributed by atoms with E-state index in [0.29, 0.717) is 13.1 Å². The van der Waals surface area contributed by atoms with Crippen LogP contribution in [0.3, 0.4) is 0 Å². The Hall–Kier alpha value is -1.55. The van der Waals surface area contributed by atoms with Gasteiger partial charge in [-0.15, -0.1) is 0 Å². The van der Waals surface area contributed by atoms with Crippen LogP contribution in [0, 0.1) is 0 Å². The number of aryl methyl sites for hydroxylation is 1. The maximum Gasteiger partial charge on any atom is 0.317 e. The molecule has 1 atom stereocenters. The number of nitrogens with zero attached hydrogens (tertiary/aromatic N) is 1. The normalized spacial score (nSPS) is 12.8. The predicted molar refractivity (Wildman–Crippen MR) is 86.3 cm³/mol. The molecule has 0 radical (unpaired) electrons. The lowest BCUT2D eigenvalue weighted by Gasteiger charge is -2.29. The molecule has 1 aromatic rings. The Bertz CT molecular complexity index is 426. The number of carbonyl (C=O) groups excluding carboxylic acids is 1. The van der Waals surface area contributed by atoms with Crippen LogP contribution in [-0.4, -0.2) is 40.8 Å². The third-order valence-electron chi connectivity index (χ3n) is 3.33. The van der Waals surface area contributed by atoms with Gasteiger partial charge in [-0.3, -0.25) is 0 Å². The van der Waals surface area contributed by atoms with Gasteiger partial charge in [0.25, 0.3) is 0 Å². The number of amides is 2. The third kappa shape index (κ3) is 7.14. The van der Waals surface area contributed by atoms with Crippen molar-refractivity contribution in [1.29, 1.82) is 0 Å². The van der Waals surface area contributed by atoms with Gasteiger partial charge in [0.15, 0.2) is 0 Å². The van der Waals surface area contributed by atoms with Gasteiger partial charge in [0.2, 0.25) is 0 Å². The lowest BCUT2D eigenvalue weighted by molar-refractivity contribution is 0.0476. The van der Waals surface area contributed by atoms with Crippen molar-refractivity contribution in [1.82, 2.24) is 10.2 Å². The highest BCUT2D eigenvalue weighted by Gasteiger charge is 2.21. The highest BCUT2D eigenvalue weighted by atomic mass is 16.3. The van der Waals surface area contributed by atoms with Gasteiger partial charge in [-0.25, -0.2) is 4.79 Å². The van der Waals surface area contributed by atoms with E-state index < -0.39 is 5.60 Å². The molecule has 0 heterocycles. The summed E-state index contributed by atoms with van der Waals surface area (Å²) in [6.45, 7) is 8.27. The number of rotatable bonds is 7. The van der Waals surface area contributed by atoms with Crippen LogP contribution in [0.25, 0.3) is 0 Å². The van der Waals surface area contributed by atoms with Crippen LogP contribution in [0.2, 0.25) is 0 Å². The number of urea groups is 1. The molecule has 2 amide bonds. The maximum absolute atomic E-state index is 12.2. The summed E-state index contributed by atoms with van der Waals surface area (Å²) in [5.74, 6) is 0. The van der Waals surface area contributed by atoms with Crippen LogP contribution in [0.5, 0.6) is 0 Å². The van der Waals surface area contributed by atoms with E-state index in [1.165, 1.54) is 5.56 Å². The molecule has 4 nitrogen and oxygen atoms in total. The second-order valence-electron chi connectivity index (χ2n) is 6.20. The molecule has 0 bridgehead atoms. The van der Waals surface area contributed by atoms with E-state index in [-0.39, 0.29) is 12.1 Å². The summed E-state index contributed by atoms with van der Waals surface area (Å²) >= 11 is 0. The first kappa shape index (κ1) is 17.5. The van der Waals surface area contributed by atoms with E-state index in [4.69, 9.17) is 0 Å². The molecule has 0 aliphatic carbocycles. The molecule has 0 aliphatic heterocycles. The molecule has 1 unspecified atom stereocenters. The minimum Gasteiger partial charge on any atom is -0.389 e. The zero-order chi connectivity index (χ0) is 15.9. The fourth-order valence-electron chi connectivity index (χ4n) is 2.20. The van der Waals surface area contributed by atoms with Crippen molar-refractivity contribution in [2.75, 3.05) is 13.1 Å². The molecule has 0 fully saturated rings. The topological polar surface area (TPSA) is 52.6 Å². The second-order valence-corrected chi connectivity index (χ2v) is 6.20. The van der Waals surface area contributed by atoms with Gasteiger partial charge in [-0.1, -0.05) is 30.3 Å². The van der Waals surface area contributed by atoms with Gasteiger partial charge in [0.05, 0.1) is 12.1 Å². The van der Waals surface area contributed by atoms with E-state index in [1.54, 1.807) is 18.7 Å². The maximum atomic E-state index is 12.2. The Balaban J connectivity index is 2.42. The molecular weight excluding hydrogens is 264 g/mol. The molecule has 118 valence electrons. The van der Waals surface area contributed by atoms with Crippen molar-refractivity contribution in [2.24, 2.45) is 0 Å². The van der Waals surface area contributed by atoms with Crippen molar-refractivity contribution in [2.45, 2.75) is 52.2 Å². The molecule has 4 heteroatoms. The smallest absolute Gasteiger partial charge is 0.317 e. The first-order valence-electron chi connectivity index (χ1n) is 7.63. The molecular formula is C17H28N2O2. The van der Waals surface area contributed by atoms with Crippen molar-refractivity contribution >= 4 is 6.03 Å². The van der Waals surface area contributed by atoms with Crippen LogP contribution >= 0.6 is 0 Å². The van der Waals surface area contributed by atoms with Crippen LogP contribution in [0.1, 0.15) is 39.7 Å². The van der Waals surface area contributed by atoms with E-state index >= 15 is 0 Å². The van der Waals surface area contributed by atoms with Crippen molar-refractivity contribution in [3.63, 3.8) is 0 Å². The number of nitrogens with one attached hydrogen (secondary N) is 1. The molecule has 1 rings (SSSR count). The van der Waals surface area contributed by atoms with Crippen LogP contribution < -0.4 is 5.32 Å². The highest BCUT2D eigenvalue weighted by molar-refractivity contribution is 5.74. The molecule has 0 saturated carbocycles. The largest absolute Gasteiger partial charge is 0.389 e. The molecule has 0 spiro atoms. The van der Waals surface area contributed by atoms with Crippen LogP contribution in [-0.2, 0) is 6.42 Å². The van der Waals surface area contributed by atoms with Crippen molar-refractivity contribution in [3.8, 4) is 0 Å². The van der Waals surface area contributed by atoms with Crippen molar-refractivity contribution in [3.05, 3.63) is 35.9 Å². The van der Waals surface area contributed by atoms with Gasteiger partial charge >= 0.3 is 6.03 Å². The predicted octanol–water partition coefficient (Wildman–Crippen LogP) is 2.81. The quantitative estimate of drug-likeness (QED) is 0.812. The molecule has 0 aliphatic rings. The standard InChI is InChI=1S/C17H28N2O2/c1-5-19(13-17(3,4)21)16(20)18-14(2)11-12-15-9-7-6-8-10-15/h6-10,14,21H,5,11-13H2,1-4H3,(H,18,20).